The molecule has 1 aromatic rings. The molecule has 0 amide bonds. The first-order valence-corrected chi connectivity index (χ1v) is 6.90. The fourth-order valence-corrected chi connectivity index (χ4v) is 3.16. The first-order chi connectivity index (χ1) is 8.43. The predicted molar refractivity (Wildman–Crippen MR) is 76.3 cm³/mol. The molecule has 18 heavy (non-hydrogen) atoms. The molecule has 4 heteroatoms. The minimum absolute atomic E-state index is 0.178. The SMILES string of the molecule is COC1CC(NCc2cc(Cl)cc(Cl)c2)C1(C)C. The maximum absolute atomic E-state index is 5.98. The van der Waals surface area contributed by atoms with Crippen molar-refractivity contribution in [2.45, 2.75) is 39.0 Å². The Morgan fingerprint density at radius 2 is 1.89 bits per heavy atom. The molecule has 1 aromatic carbocycles. The normalized spacial score (nSPS) is 25.8. The number of benzene rings is 1. The summed E-state index contributed by atoms with van der Waals surface area (Å²) in [5.74, 6) is 0. The van der Waals surface area contributed by atoms with Crippen LogP contribution in [0.25, 0.3) is 0 Å². The molecule has 2 rings (SSSR count). The van der Waals surface area contributed by atoms with Crippen molar-refractivity contribution in [2.75, 3.05) is 7.11 Å². The molecule has 0 bridgehead atoms. The highest BCUT2D eigenvalue weighted by molar-refractivity contribution is 6.34. The standard InChI is InChI=1S/C14H19Cl2NO/c1-14(2)12(7-13(14)18-3)17-8-9-4-10(15)6-11(16)5-9/h4-6,12-13,17H,7-8H2,1-3H3. The molecular formula is C14H19Cl2NO. The Kier molecular flexibility index (Phi) is 4.22. The summed E-state index contributed by atoms with van der Waals surface area (Å²) in [4.78, 5) is 0. The van der Waals surface area contributed by atoms with Crippen LogP contribution in [0.2, 0.25) is 10.0 Å². The molecule has 0 heterocycles. The zero-order valence-electron chi connectivity index (χ0n) is 11.0. The molecular weight excluding hydrogens is 269 g/mol. The minimum Gasteiger partial charge on any atom is -0.381 e. The van der Waals surface area contributed by atoms with Gasteiger partial charge in [-0.2, -0.15) is 0 Å². The second kappa shape index (κ2) is 5.38. The van der Waals surface area contributed by atoms with Gasteiger partial charge in [0, 0.05) is 35.2 Å². The number of ether oxygens (including phenoxy) is 1. The van der Waals surface area contributed by atoms with Crippen molar-refractivity contribution in [3.05, 3.63) is 33.8 Å². The number of hydrogen-bond donors (Lipinski definition) is 1. The van der Waals surface area contributed by atoms with Gasteiger partial charge in [0.1, 0.15) is 0 Å². The highest BCUT2D eigenvalue weighted by Gasteiger charge is 2.48. The quantitative estimate of drug-likeness (QED) is 0.907. The van der Waals surface area contributed by atoms with Crippen LogP contribution in [-0.2, 0) is 11.3 Å². The zero-order valence-corrected chi connectivity index (χ0v) is 12.5. The van der Waals surface area contributed by atoms with E-state index in [2.05, 4.69) is 19.2 Å². The number of rotatable bonds is 4. The molecule has 1 fully saturated rings. The Morgan fingerprint density at radius 1 is 1.28 bits per heavy atom. The van der Waals surface area contributed by atoms with Crippen molar-refractivity contribution < 1.29 is 4.74 Å². The van der Waals surface area contributed by atoms with Crippen molar-refractivity contribution in [2.24, 2.45) is 5.41 Å². The lowest BCUT2D eigenvalue weighted by molar-refractivity contribution is -0.0979. The van der Waals surface area contributed by atoms with Crippen LogP contribution >= 0.6 is 23.2 Å². The van der Waals surface area contributed by atoms with Gasteiger partial charge in [-0.1, -0.05) is 37.0 Å². The van der Waals surface area contributed by atoms with Gasteiger partial charge in [0.25, 0.3) is 0 Å². The van der Waals surface area contributed by atoms with E-state index in [1.165, 1.54) is 0 Å². The van der Waals surface area contributed by atoms with Crippen molar-refractivity contribution >= 4 is 23.2 Å². The summed E-state index contributed by atoms with van der Waals surface area (Å²) < 4.78 is 5.44. The van der Waals surface area contributed by atoms with E-state index in [1.54, 1.807) is 13.2 Å². The van der Waals surface area contributed by atoms with E-state index >= 15 is 0 Å². The van der Waals surface area contributed by atoms with Crippen LogP contribution in [0, 0.1) is 5.41 Å². The average molecular weight is 288 g/mol. The van der Waals surface area contributed by atoms with Gasteiger partial charge in [-0.05, 0) is 30.2 Å². The van der Waals surface area contributed by atoms with Crippen molar-refractivity contribution in [1.29, 1.82) is 0 Å². The highest BCUT2D eigenvalue weighted by Crippen LogP contribution is 2.42. The summed E-state index contributed by atoms with van der Waals surface area (Å²) in [6, 6.07) is 6.11. The van der Waals surface area contributed by atoms with E-state index in [9.17, 15) is 0 Å². The third-order valence-electron chi connectivity index (χ3n) is 3.94. The topological polar surface area (TPSA) is 21.3 Å². The third kappa shape index (κ3) is 2.83. The van der Waals surface area contributed by atoms with Crippen LogP contribution < -0.4 is 5.32 Å². The molecule has 0 aliphatic heterocycles. The lowest BCUT2D eigenvalue weighted by atomic mass is 9.64. The highest BCUT2D eigenvalue weighted by atomic mass is 35.5. The Bertz CT molecular complexity index is 414. The summed E-state index contributed by atoms with van der Waals surface area (Å²) >= 11 is 12.0. The maximum atomic E-state index is 5.98. The Balaban J connectivity index is 1.93. The first kappa shape index (κ1) is 14.1. The van der Waals surface area contributed by atoms with E-state index in [0.717, 1.165) is 18.5 Å². The molecule has 2 atom stereocenters. The summed E-state index contributed by atoms with van der Waals surface area (Å²) in [5, 5.41) is 4.91. The summed E-state index contributed by atoms with van der Waals surface area (Å²) in [5.41, 5.74) is 1.29. The predicted octanol–water partition coefficient (Wildman–Crippen LogP) is 3.90. The fraction of sp³-hybridized carbons (Fsp3) is 0.571. The molecule has 1 saturated carbocycles. The van der Waals surface area contributed by atoms with Gasteiger partial charge in [0.05, 0.1) is 6.10 Å². The van der Waals surface area contributed by atoms with Gasteiger partial charge in [-0.15, -0.1) is 0 Å². The minimum atomic E-state index is 0.178. The summed E-state index contributed by atoms with van der Waals surface area (Å²) in [6.07, 6.45) is 1.40. The molecule has 0 spiro atoms. The van der Waals surface area contributed by atoms with Crippen LogP contribution in [0.5, 0.6) is 0 Å². The number of halogens is 2. The molecule has 1 aliphatic carbocycles. The lowest BCUT2D eigenvalue weighted by Crippen LogP contribution is -2.60. The molecule has 2 unspecified atom stereocenters. The third-order valence-corrected chi connectivity index (χ3v) is 4.37. The molecule has 0 aromatic heterocycles. The smallest absolute Gasteiger partial charge is 0.0652 e. The maximum Gasteiger partial charge on any atom is 0.0652 e. The largest absolute Gasteiger partial charge is 0.381 e. The van der Waals surface area contributed by atoms with E-state index in [-0.39, 0.29) is 5.41 Å². The second-order valence-corrected chi connectivity index (χ2v) is 6.37. The molecule has 1 aliphatic rings. The molecule has 2 nitrogen and oxygen atoms in total. The van der Waals surface area contributed by atoms with Gasteiger partial charge in [-0.3, -0.25) is 0 Å². The average Bonchev–Trinajstić information content (AvgIpc) is 2.26. The Morgan fingerprint density at radius 3 is 2.39 bits per heavy atom. The van der Waals surface area contributed by atoms with Crippen LogP contribution in [0.15, 0.2) is 18.2 Å². The van der Waals surface area contributed by atoms with Crippen LogP contribution in [0.3, 0.4) is 0 Å². The van der Waals surface area contributed by atoms with E-state index in [0.29, 0.717) is 22.2 Å². The monoisotopic (exact) mass is 287 g/mol. The van der Waals surface area contributed by atoms with Crippen LogP contribution in [0.1, 0.15) is 25.8 Å². The number of hydrogen-bond acceptors (Lipinski definition) is 2. The van der Waals surface area contributed by atoms with Crippen molar-refractivity contribution in [1.82, 2.24) is 5.32 Å². The Hall–Kier alpha value is -0.280. The van der Waals surface area contributed by atoms with Crippen LogP contribution in [-0.4, -0.2) is 19.3 Å². The zero-order chi connectivity index (χ0) is 13.3. The summed E-state index contributed by atoms with van der Waals surface area (Å²) in [6.45, 7) is 5.24. The molecule has 1 N–H and O–H groups in total. The van der Waals surface area contributed by atoms with E-state index < -0.39 is 0 Å². The molecule has 100 valence electrons. The molecule has 0 saturated heterocycles. The van der Waals surface area contributed by atoms with Gasteiger partial charge in [-0.25, -0.2) is 0 Å². The molecule has 0 radical (unpaired) electrons. The lowest BCUT2D eigenvalue weighted by Gasteiger charge is -2.51. The second-order valence-electron chi connectivity index (χ2n) is 5.49. The Labute approximate surface area is 119 Å². The summed E-state index contributed by atoms with van der Waals surface area (Å²) in [7, 11) is 1.78. The fourth-order valence-electron chi connectivity index (χ4n) is 2.59. The van der Waals surface area contributed by atoms with Crippen molar-refractivity contribution in [3.8, 4) is 0 Å². The van der Waals surface area contributed by atoms with E-state index in [1.807, 2.05) is 12.1 Å². The van der Waals surface area contributed by atoms with E-state index in [4.69, 9.17) is 27.9 Å². The number of methoxy groups -OCH3 is 1. The number of nitrogens with one attached hydrogen (secondary N) is 1. The van der Waals surface area contributed by atoms with Gasteiger partial charge in [0.2, 0.25) is 0 Å². The first-order valence-electron chi connectivity index (χ1n) is 6.14. The van der Waals surface area contributed by atoms with Crippen LogP contribution in [0.4, 0.5) is 0 Å². The van der Waals surface area contributed by atoms with Gasteiger partial charge < -0.3 is 10.1 Å². The van der Waals surface area contributed by atoms with Gasteiger partial charge >= 0.3 is 0 Å². The van der Waals surface area contributed by atoms with Gasteiger partial charge in [0.15, 0.2) is 0 Å². The van der Waals surface area contributed by atoms with Crippen molar-refractivity contribution in [3.63, 3.8) is 0 Å².